The van der Waals surface area contributed by atoms with Gasteiger partial charge in [0, 0.05) is 24.5 Å². The molecule has 4 heteroatoms. The first-order chi connectivity index (χ1) is 10.2. The lowest BCUT2D eigenvalue weighted by Crippen LogP contribution is -2.49. The van der Waals surface area contributed by atoms with Crippen molar-refractivity contribution < 1.29 is 14.3 Å². The maximum atomic E-state index is 12.2. The van der Waals surface area contributed by atoms with Gasteiger partial charge in [0.2, 0.25) is 5.91 Å². The molecular weight excluding hydrogens is 266 g/mol. The summed E-state index contributed by atoms with van der Waals surface area (Å²) in [4.78, 5) is 25.8. The van der Waals surface area contributed by atoms with E-state index in [1.54, 1.807) is 6.92 Å². The van der Waals surface area contributed by atoms with Gasteiger partial charge in [-0.05, 0) is 38.5 Å². The van der Waals surface area contributed by atoms with Gasteiger partial charge >= 0.3 is 5.97 Å². The molecule has 3 rings (SSSR count). The first-order valence-electron chi connectivity index (χ1n) is 7.88. The molecule has 2 saturated heterocycles. The smallest absolute Gasteiger partial charge is 0.384 e. The summed E-state index contributed by atoms with van der Waals surface area (Å²) in [7, 11) is 0. The fraction of sp³-hybridized carbons (Fsp3) is 0.647. The van der Waals surface area contributed by atoms with Crippen molar-refractivity contribution >= 4 is 11.9 Å². The van der Waals surface area contributed by atoms with E-state index in [0.717, 1.165) is 37.8 Å². The van der Waals surface area contributed by atoms with Gasteiger partial charge in [-0.1, -0.05) is 18.4 Å². The molecule has 2 fully saturated rings. The zero-order valence-corrected chi connectivity index (χ0v) is 12.5. The summed E-state index contributed by atoms with van der Waals surface area (Å²) in [6.07, 6.45) is 7.94. The summed E-state index contributed by atoms with van der Waals surface area (Å²) in [6.45, 7) is 2.94. The fourth-order valence-electron chi connectivity index (χ4n) is 4.13. The first kappa shape index (κ1) is 14.2. The number of carbonyl (C=O) groups excluding carboxylic acids is 2. The van der Waals surface area contributed by atoms with E-state index >= 15 is 0 Å². The number of hydrogen-bond donors (Lipinski definition) is 0. The minimum Gasteiger partial charge on any atom is -0.456 e. The Hall–Kier alpha value is -1.76. The number of hydrogen-bond acceptors (Lipinski definition) is 3. The molecule has 2 unspecified atom stereocenters. The number of rotatable bonds is 1. The lowest BCUT2D eigenvalue weighted by Gasteiger charge is -2.39. The molecule has 0 aromatic carbocycles. The van der Waals surface area contributed by atoms with Crippen molar-refractivity contribution in [3.05, 3.63) is 11.6 Å². The zero-order valence-electron chi connectivity index (χ0n) is 12.5. The molecular formula is C17H21NO3. The summed E-state index contributed by atoms with van der Waals surface area (Å²) < 4.78 is 4.87. The van der Waals surface area contributed by atoms with Crippen LogP contribution in [0.2, 0.25) is 0 Å². The summed E-state index contributed by atoms with van der Waals surface area (Å²) in [5.74, 6) is 5.83. The normalized spacial score (nSPS) is 30.7. The predicted octanol–water partition coefficient (Wildman–Crippen LogP) is 2.04. The van der Waals surface area contributed by atoms with Crippen molar-refractivity contribution in [2.75, 3.05) is 13.2 Å². The van der Waals surface area contributed by atoms with Crippen molar-refractivity contribution in [2.45, 2.75) is 51.0 Å². The number of nitrogens with zero attached hydrogens (tertiary/aromatic N) is 1. The van der Waals surface area contributed by atoms with Gasteiger partial charge in [-0.25, -0.2) is 4.79 Å². The van der Waals surface area contributed by atoms with Crippen LogP contribution in [0.25, 0.3) is 0 Å². The Bertz CT molecular complexity index is 554. The molecule has 1 spiro atoms. The van der Waals surface area contributed by atoms with Crippen LogP contribution in [0, 0.1) is 17.8 Å². The highest BCUT2D eigenvalue weighted by atomic mass is 16.5. The van der Waals surface area contributed by atoms with E-state index in [9.17, 15) is 9.59 Å². The Morgan fingerprint density at radius 2 is 2.38 bits per heavy atom. The highest BCUT2D eigenvalue weighted by molar-refractivity contribution is 5.89. The number of allylic oxidation sites excluding steroid dienone is 1. The SMILES string of the molecule is CCOC(=O)C#CC1=CCC2CCCCN3C(=O)CCC123. The molecule has 0 aromatic rings. The van der Waals surface area contributed by atoms with Crippen molar-refractivity contribution in [1.29, 1.82) is 0 Å². The first-order valence-corrected chi connectivity index (χ1v) is 7.88. The maximum absolute atomic E-state index is 12.2. The molecule has 0 radical (unpaired) electrons. The van der Waals surface area contributed by atoms with Gasteiger partial charge in [-0.15, -0.1) is 0 Å². The largest absolute Gasteiger partial charge is 0.456 e. The van der Waals surface area contributed by atoms with Gasteiger partial charge in [0.1, 0.15) is 0 Å². The lowest BCUT2D eigenvalue weighted by molar-refractivity contribution is -0.136. The molecule has 1 aliphatic carbocycles. The predicted molar refractivity (Wildman–Crippen MR) is 78.1 cm³/mol. The van der Waals surface area contributed by atoms with Gasteiger partial charge in [-0.2, -0.15) is 0 Å². The van der Waals surface area contributed by atoms with Crippen LogP contribution >= 0.6 is 0 Å². The van der Waals surface area contributed by atoms with Crippen LogP contribution in [0.15, 0.2) is 11.6 Å². The Morgan fingerprint density at radius 1 is 1.52 bits per heavy atom. The topological polar surface area (TPSA) is 46.6 Å². The third-order valence-corrected chi connectivity index (χ3v) is 5.01. The van der Waals surface area contributed by atoms with Gasteiger partial charge in [0.15, 0.2) is 0 Å². The van der Waals surface area contributed by atoms with Crippen LogP contribution < -0.4 is 0 Å². The molecule has 112 valence electrons. The number of carbonyl (C=O) groups is 2. The fourth-order valence-corrected chi connectivity index (χ4v) is 4.13. The average molecular weight is 287 g/mol. The van der Waals surface area contributed by atoms with Crippen LogP contribution in [0.4, 0.5) is 0 Å². The van der Waals surface area contributed by atoms with E-state index in [1.165, 1.54) is 6.42 Å². The van der Waals surface area contributed by atoms with Crippen LogP contribution in [-0.4, -0.2) is 35.5 Å². The number of amides is 1. The van der Waals surface area contributed by atoms with Gasteiger partial charge < -0.3 is 9.64 Å². The average Bonchev–Trinajstić information content (AvgIpc) is 2.91. The van der Waals surface area contributed by atoms with Gasteiger partial charge in [0.25, 0.3) is 0 Å². The van der Waals surface area contributed by atoms with Crippen molar-refractivity contribution in [1.82, 2.24) is 4.90 Å². The highest BCUT2D eigenvalue weighted by Gasteiger charge is 2.55. The van der Waals surface area contributed by atoms with E-state index in [0.29, 0.717) is 18.9 Å². The standard InChI is InChI=1S/C17H21NO3/c1-2-21-16(20)9-8-14-7-6-13-5-3-4-12-18-15(19)10-11-17(13,14)18/h7,13H,2-6,10-12H2,1H3. The third-order valence-electron chi connectivity index (χ3n) is 5.01. The van der Waals surface area contributed by atoms with Crippen molar-refractivity contribution in [2.24, 2.45) is 5.92 Å². The van der Waals surface area contributed by atoms with E-state index in [-0.39, 0.29) is 11.4 Å². The van der Waals surface area contributed by atoms with Crippen LogP contribution in [0.5, 0.6) is 0 Å². The molecule has 21 heavy (non-hydrogen) atoms. The van der Waals surface area contributed by atoms with E-state index in [4.69, 9.17) is 4.74 Å². The minimum atomic E-state index is -0.484. The summed E-state index contributed by atoms with van der Waals surface area (Å²) in [5.41, 5.74) is 0.737. The Morgan fingerprint density at radius 3 is 3.19 bits per heavy atom. The zero-order chi connectivity index (χ0) is 14.9. The minimum absolute atomic E-state index is 0.229. The molecule has 2 atom stereocenters. The number of esters is 1. The Labute approximate surface area is 125 Å². The lowest BCUT2D eigenvalue weighted by atomic mass is 9.78. The van der Waals surface area contributed by atoms with Crippen LogP contribution in [0.1, 0.15) is 45.4 Å². The van der Waals surface area contributed by atoms with E-state index in [2.05, 4.69) is 17.9 Å². The molecule has 0 saturated carbocycles. The molecule has 0 bridgehead atoms. The summed E-state index contributed by atoms with van der Waals surface area (Å²) >= 11 is 0. The Balaban J connectivity index is 1.91. The molecule has 0 N–H and O–H groups in total. The van der Waals surface area contributed by atoms with E-state index in [1.807, 2.05) is 4.90 Å². The molecule has 2 heterocycles. The second kappa shape index (κ2) is 5.55. The summed E-state index contributed by atoms with van der Waals surface area (Å²) in [6, 6.07) is 0. The summed E-state index contributed by atoms with van der Waals surface area (Å²) in [5, 5.41) is 0. The number of ether oxygens (including phenoxy) is 1. The molecule has 4 nitrogen and oxygen atoms in total. The highest BCUT2D eigenvalue weighted by Crippen LogP contribution is 2.51. The van der Waals surface area contributed by atoms with Crippen molar-refractivity contribution in [3.63, 3.8) is 0 Å². The molecule has 0 aromatic heterocycles. The van der Waals surface area contributed by atoms with Crippen LogP contribution in [-0.2, 0) is 14.3 Å². The van der Waals surface area contributed by atoms with E-state index < -0.39 is 5.97 Å². The molecule has 3 aliphatic rings. The van der Waals surface area contributed by atoms with Crippen LogP contribution in [0.3, 0.4) is 0 Å². The molecule has 1 amide bonds. The molecule has 2 aliphatic heterocycles. The van der Waals surface area contributed by atoms with Crippen molar-refractivity contribution in [3.8, 4) is 11.8 Å². The monoisotopic (exact) mass is 287 g/mol. The third kappa shape index (κ3) is 2.25. The quantitative estimate of drug-likeness (QED) is 0.421. The Kier molecular flexibility index (Phi) is 3.75. The van der Waals surface area contributed by atoms with Gasteiger partial charge in [-0.3, -0.25) is 4.79 Å². The maximum Gasteiger partial charge on any atom is 0.384 e. The second-order valence-electron chi connectivity index (χ2n) is 5.99. The second-order valence-corrected chi connectivity index (χ2v) is 5.99. The van der Waals surface area contributed by atoms with Gasteiger partial charge in [0.05, 0.1) is 12.1 Å².